The molecular formula is C15H20FNS2. The number of hydrogen-bond acceptors (Lipinski definition) is 3. The van der Waals surface area contributed by atoms with Crippen LogP contribution in [0.1, 0.15) is 24.3 Å². The fourth-order valence-electron chi connectivity index (χ4n) is 2.77. The van der Waals surface area contributed by atoms with Gasteiger partial charge in [-0.25, -0.2) is 4.39 Å². The van der Waals surface area contributed by atoms with Crippen LogP contribution in [0.5, 0.6) is 0 Å². The molecule has 1 saturated carbocycles. The standard InChI is InChI=1S/C15H20FNS2/c16-13-3-1-2-11(6-13)12-7-14(8-12)17-9-15-10-18-4-5-19-15/h1-3,6,12,14-15,17H,4-5,7-10H2. The Bertz CT molecular complexity index is 414. The van der Waals surface area contributed by atoms with Gasteiger partial charge < -0.3 is 5.32 Å². The molecule has 1 unspecified atom stereocenters. The molecule has 19 heavy (non-hydrogen) atoms. The molecular weight excluding hydrogens is 277 g/mol. The summed E-state index contributed by atoms with van der Waals surface area (Å²) >= 11 is 4.18. The Kier molecular flexibility index (Phi) is 4.72. The lowest BCUT2D eigenvalue weighted by Gasteiger charge is -2.37. The van der Waals surface area contributed by atoms with Crippen molar-refractivity contribution in [1.82, 2.24) is 5.32 Å². The van der Waals surface area contributed by atoms with Crippen LogP contribution in [0.25, 0.3) is 0 Å². The fraction of sp³-hybridized carbons (Fsp3) is 0.600. The van der Waals surface area contributed by atoms with Gasteiger partial charge in [-0.2, -0.15) is 23.5 Å². The summed E-state index contributed by atoms with van der Waals surface area (Å²) in [4.78, 5) is 0. The van der Waals surface area contributed by atoms with Gasteiger partial charge in [-0.3, -0.25) is 0 Å². The molecule has 4 heteroatoms. The molecule has 1 aliphatic heterocycles. The molecule has 0 bridgehead atoms. The second-order valence-electron chi connectivity index (χ2n) is 5.40. The van der Waals surface area contributed by atoms with Gasteiger partial charge >= 0.3 is 0 Å². The Morgan fingerprint density at radius 2 is 2.16 bits per heavy atom. The molecule has 1 saturated heterocycles. The first-order chi connectivity index (χ1) is 9.31. The average Bonchev–Trinajstić information content (AvgIpc) is 2.38. The highest BCUT2D eigenvalue weighted by Crippen LogP contribution is 2.37. The molecule has 0 spiro atoms. The first-order valence-electron chi connectivity index (χ1n) is 6.99. The van der Waals surface area contributed by atoms with Crippen LogP contribution in [0.15, 0.2) is 24.3 Å². The molecule has 1 N–H and O–H groups in total. The van der Waals surface area contributed by atoms with Crippen molar-refractivity contribution >= 4 is 23.5 Å². The highest BCUT2D eigenvalue weighted by atomic mass is 32.2. The number of rotatable bonds is 4. The van der Waals surface area contributed by atoms with Crippen LogP contribution in [0.2, 0.25) is 0 Å². The van der Waals surface area contributed by atoms with Gasteiger partial charge in [0.2, 0.25) is 0 Å². The lowest BCUT2D eigenvalue weighted by atomic mass is 9.76. The second-order valence-corrected chi connectivity index (χ2v) is 7.95. The van der Waals surface area contributed by atoms with E-state index in [9.17, 15) is 4.39 Å². The quantitative estimate of drug-likeness (QED) is 0.913. The average molecular weight is 297 g/mol. The van der Waals surface area contributed by atoms with Gasteiger partial charge in [0.05, 0.1) is 0 Å². The Hall–Kier alpha value is -0.190. The van der Waals surface area contributed by atoms with E-state index in [0.717, 1.165) is 24.6 Å². The van der Waals surface area contributed by atoms with E-state index < -0.39 is 0 Å². The van der Waals surface area contributed by atoms with Gasteiger partial charge in [0.1, 0.15) is 5.82 Å². The van der Waals surface area contributed by atoms with E-state index in [-0.39, 0.29) is 5.82 Å². The number of halogens is 1. The largest absolute Gasteiger partial charge is 0.313 e. The summed E-state index contributed by atoms with van der Waals surface area (Å²) in [7, 11) is 0. The minimum absolute atomic E-state index is 0.107. The van der Waals surface area contributed by atoms with Crippen LogP contribution >= 0.6 is 23.5 Å². The van der Waals surface area contributed by atoms with Gasteiger partial charge in [0.25, 0.3) is 0 Å². The molecule has 1 heterocycles. The number of thioether (sulfide) groups is 2. The number of nitrogens with one attached hydrogen (secondary N) is 1. The minimum atomic E-state index is -0.107. The zero-order chi connectivity index (χ0) is 13.1. The summed E-state index contributed by atoms with van der Waals surface area (Å²) in [5.41, 5.74) is 1.17. The van der Waals surface area contributed by atoms with E-state index in [1.54, 1.807) is 6.07 Å². The van der Waals surface area contributed by atoms with Crippen LogP contribution in [-0.2, 0) is 0 Å². The molecule has 0 amide bonds. The fourth-order valence-corrected chi connectivity index (χ4v) is 5.39. The minimum Gasteiger partial charge on any atom is -0.313 e. The predicted octanol–water partition coefficient (Wildman–Crippen LogP) is 3.51. The van der Waals surface area contributed by atoms with Crippen molar-refractivity contribution < 1.29 is 4.39 Å². The van der Waals surface area contributed by atoms with Crippen molar-refractivity contribution in [3.05, 3.63) is 35.6 Å². The molecule has 2 aliphatic rings. The molecule has 1 aromatic rings. The summed E-state index contributed by atoms with van der Waals surface area (Å²) in [6, 6.07) is 7.73. The molecule has 1 nitrogen and oxygen atoms in total. The molecule has 1 aliphatic carbocycles. The zero-order valence-electron chi connectivity index (χ0n) is 11.0. The molecule has 2 fully saturated rings. The van der Waals surface area contributed by atoms with Gasteiger partial charge in [0, 0.05) is 35.1 Å². The van der Waals surface area contributed by atoms with Crippen LogP contribution in [0, 0.1) is 5.82 Å². The van der Waals surface area contributed by atoms with Gasteiger partial charge in [-0.1, -0.05) is 12.1 Å². The van der Waals surface area contributed by atoms with E-state index in [4.69, 9.17) is 0 Å². The first kappa shape index (κ1) is 13.8. The van der Waals surface area contributed by atoms with Crippen LogP contribution in [-0.4, -0.2) is 35.1 Å². The SMILES string of the molecule is Fc1cccc(C2CC(NCC3CSCCS3)C2)c1. The smallest absolute Gasteiger partial charge is 0.123 e. The number of hydrogen-bond donors (Lipinski definition) is 1. The van der Waals surface area contributed by atoms with Crippen LogP contribution in [0.4, 0.5) is 4.39 Å². The van der Waals surface area contributed by atoms with Crippen LogP contribution in [0.3, 0.4) is 0 Å². The van der Waals surface area contributed by atoms with Gasteiger partial charge in [0.15, 0.2) is 0 Å². The lowest BCUT2D eigenvalue weighted by Crippen LogP contribution is -2.43. The molecule has 1 aromatic carbocycles. The van der Waals surface area contributed by atoms with Crippen LogP contribution < -0.4 is 5.32 Å². The third-order valence-corrected chi connectivity index (χ3v) is 6.82. The summed E-state index contributed by atoms with van der Waals surface area (Å²) in [5, 5.41) is 4.46. The third kappa shape index (κ3) is 3.67. The molecule has 104 valence electrons. The summed E-state index contributed by atoms with van der Waals surface area (Å²) in [5.74, 6) is 4.35. The van der Waals surface area contributed by atoms with Crippen molar-refractivity contribution in [2.75, 3.05) is 23.8 Å². The van der Waals surface area contributed by atoms with Gasteiger partial charge in [-0.05, 0) is 36.5 Å². The predicted molar refractivity (Wildman–Crippen MR) is 83.7 cm³/mol. The molecule has 1 atom stereocenters. The Balaban J connectivity index is 1.40. The maximum absolute atomic E-state index is 13.2. The zero-order valence-corrected chi connectivity index (χ0v) is 12.6. The summed E-state index contributed by atoms with van der Waals surface area (Å²) in [6.07, 6.45) is 2.32. The van der Waals surface area contributed by atoms with Crippen molar-refractivity contribution in [3.63, 3.8) is 0 Å². The Morgan fingerprint density at radius 3 is 2.89 bits per heavy atom. The van der Waals surface area contributed by atoms with Crippen molar-refractivity contribution in [1.29, 1.82) is 0 Å². The lowest BCUT2D eigenvalue weighted by molar-refractivity contribution is 0.292. The summed E-state index contributed by atoms with van der Waals surface area (Å²) < 4.78 is 13.2. The van der Waals surface area contributed by atoms with E-state index in [1.807, 2.05) is 6.07 Å². The maximum Gasteiger partial charge on any atom is 0.123 e. The first-order valence-corrected chi connectivity index (χ1v) is 9.20. The topological polar surface area (TPSA) is 12.0 Å². The Morgan fingerprint density at radius 1 is 1.26 bits per heavy atom. The van der Waals surface area contributed by atoms with E-state index >= 15 is 0 Å². The van der Waals surface area contributed by atoms with Crippen molar-refractivity contribution in [2.45, 2.75) is 30.1 Å². The highest BCUT2D eigenvalue weighted by molar-refractivity contribution is 8.06. The molecule has 3 rings (SSSR count). The van der Waals surface area contributed by atoms with Crippen molar-refractivity contribution in [3.8, 4) is 0 Å². The highest BCUT2D eigenvalue weighted by Gasteiger charge is 2.30. The number of benzene rings is 1. The maximum atomic E-state index is 13.2. The Labute approximate surface area is 123 Å². The van der Waals surface area contributed by atoms with Crippen molar-refractivity contribution in [2.24, 2.45) is 0 Å². The van der Waals surface area contributed by atoms with Gasteiger partial charge in [-0.15, -0.1) is 0 Å². The van der Waals surface area contributed by atoms with E-state index in [1.165, 1.54) is 28.9 Å². The molecule has 0 aromatic heterocycles. The normalized spacial score (nSPS) is 30.9. The van der Waals surface area contributed by atoms with E-state index in [0.29, 0.717) is 12.0 Å². The third-order valence-electron chi connectivity index (χ3n) is 3.98. The monoisotopic (exact) mass is 297 g/mol. The summed E-state index contributed by atoms with van der Waals surface area (Å²) in [6.45, 7) is 1.14. The van der Waals surface area contributed by atoms with E-state index in [2.05, 4.69) is 34.9 Å². The molecule has 0 radical (unpaired) electrons. The second kappa shape index (κ2) is 6.51.